The third kappa shape index (κ3) is 3.38. The quantitative estimate of drug-likeness (QED) is 0.654. The maximum Gasteiger partial charge on any atom is 0.138 e. The predicted molar refractivity (Wildman–Crippen MR) is 100 cm³/mol. The predicted octanol–water partition coefficient (Wildman–Crippen LogP) is 4.79. The lowest BCUT2D eigenvalue weighted by Crippen LogP contribution is -2.20. The van der Waals surface area contributed by atoms with Gasteiger partial charge in [0.1, 0.15) is 18.0 Å². The van der Waals surface area contributed by atoms with Crippen LogP contribution in [0.4, 0.5) is 23.0 Å². The highest BCUT2D eigenvalue weighted by atomic mass is 15.2. The maximum absolute atomic E-state index is 4.49. The molecule has 122 valence electrons. The molecule has 0 radical (unpaired) electrons. The second kappa shape index (κ2) is 7.59. The molecule has 0 spiro atoms. The monoisotopic (exact) mass is 318 g/mol. The van der Waals surface area contributed by atoms with Gasteiger partial charge in [0.25, 0.3) is 0 Å². The molecule has 0 N–H and O–H groups in total. The third-order valence-corrected chi connectivity index (χ3v) is 3.96. The van der Waals surface area contributed by atoms with Crippen LogP contribution in [-0.4, -0.2) is 23.1 Å². The second-order valence-electron chi connectivity index (χ2n) is 5.39. The first-order valence-electron chi connectivity index (χ1n) is 8.30. The minimum absolute atomic E-state index is 0.845. The molecule has 0 fully saturated rings. The Kier molecular flexibility index (Phi) is 5.06. The summed E-state index contributed by atoms with van der Waals surface area (Å²) in [7, 11) is 0. The van der Waals surface area contributed by atoms with Crippen molar-refractivity contribution in [3.05, 3.63) is 73.1 Å². The molecule has 4 nitrogen and oxygen atoms in total. The van der Waals surface area contributed by atoms with Crippen molar-refractivity contribution < 1.29 is 0 Å². The molecule has 0 amide bonds. The zero-order valence-electron chi connectivity index (χ0n) is 14.1. The van der Waals surface area contributed by atoms with E-state index in [1.54, 1.807) is 6.33 Å². The van der Waals surface area contributed by atoms with Crippen LogP contribution < -0.4 is 9.80 Å². The molecule has 0 unspecified atom stereocenters. The zero-order chi connectivity index (χ0) is 16.8. The maximum atomic E-state index is 4.49. The minimum atomic E-state index is 0.845. The van der Waals surface area contributed by atoms with Crippen molar-refractivity contribution in [3.8, 4) is 0 Å². The van der Waals surface area contributed by atoms with E-state index in [1.807, 2.05) is 42.5 Å². The van der Waals surface area contributed by atoms with Crippen LogP contribution in [0.3, 0.4) is 0 Å². The average molecular weight is 318 g/mol. The van der Waals surface area contributed by atoms with E-state index in [0.29, 0.717) is 0 Å². The Morgan fingerprint density at radius 1 is 0.667 bits per heavy atom. The molecule has 0 atom stereocenters. The summed E-state index contributed by atoms with van der Waals surface area (Å²) in [5.41, 5.74) is 2.26. The van der Waals surface area contributed by atoms with Gasteiger partial charge in [0.2, 0.25) is 0 Å². The zero-order valence-corrected chi connectivity index (χ0v) is 14.1. The lowest BCUT2D eigenvalue weighted by atomic mass is 10.2. The average Bonchev–Trinajstić information content (AvgIpc) is 2.65. The summed E-state index contributed by atoms with van der Waals surface area (Å²) in [6, 6.07) is 22.7. The van der Waals surface area contributed by atoms with Crippen molar-refractivity contribution >= 4 is 23.0 Å². The number of hydrogen-bond donors (Lipinski definition) is 0. The Bertz CT molecular complexity index is 696. The summed E-state index contributed by atoms with van der Waals surface area (Å²) < 4.78 is 0. The summed E-state index contributed by atoms with van der Waals surface area (Å²) in [5, 5.41) is 0. The van der Waals surface area contributed by atoms with Gasteiger partial charge in [-0.15, -0.1) is 0 Å². The van der Waals surface area contributed by atoms with Crippen LogP contribution in [0, 0.1) is 0 Å². The molecule has 4 heteroatoms. The highest BCUT2D eigenvalue weighted by Crippen LogP contribution is 2.28. The van der Waals surface area contributed by atoms with Crippen molar-refractivity contribution in [2.24, 2.45) is 0 Å². The van der Waals surface area contributed by atoms with Gasteiger partial charge in [0.15, 0.2) is 0 Å². The molecule has 0 saturated carbocycles. The van der Waals surface area contributed by atoms with E-state index in [1.165, 1.54) is 0 Å². The van der Waals surface area contributed by atoms with Crippen molar-refractivity contribution in [2.45, 2.75) is 13.8 Å². The van der Waals surface area contributed by atoms with Gasteiger partial charge < -0.3 is 9.80 Å². The topological polar surface area (TPSA) is 32.3 Å². The summed E-state index contributed by atoms with van der Waals surface area (Å²) in [6.07, 6.45) is 1.64. The molecule has 1 aromatic heterocycles. The number of aromatic nitrogens is 2. The SMILES string of the molecule is CCN(c1ccccc1)c1cc(N(CC)c2ccccc2)ncn1. The van der Waals surface area contributed by atoms with E-state index in [-0.39, 0.29) is 0 Å². The Balaban J connectivity index is 1.96. The van der Waals surface area contributed by atoms with Gasteiger partial charge in [-0.1, -0.05) is 36.4 Å². The van der Waals surface area contributed by atoms with Crippen LogP contribution in [0.2, 0.25) is 0 Å². The summed E-state index contributed by atoms with van der Waals surface area (Å²) in [6.45, 7) is 5.95. The lowest BCUT2D eigenvalue weighted by molar-refractivity contribution is 0.944. The number of hydrogen-bond acceptors (Lipinski definition) is 4. The van der Waals surface area contributed by atoms with E-state index >= 15 is 0 Å². The van der Waals surface area contributed by atoms with Crippen LogP contribution >= 0.6 is 0 Å². The van der Waals surface area contributed by atoms with Gasteiger partial charge in [0.05, 0.1) is 0 Å². The molecule has 0 aliphatic rings. The molecule has 1 heterocycles. The van der Waals surface area contributed by atoms with Gasteiger partial charge in [-0.25, -0.2) is 9.97 Å². The van der Waals surface area contributed by atoms with Gasteiger partial charge >= 0.3 is 0 Å². The number of para-hydroxylation sites is 2. The standard InChI is InChI=1S/C20H22N4/c1-3-23(17-11-7-5-8-12-17)19-15-20(22-16-21-19)24(4-2)18-13-9-6-10-14-18/h5-16H,3-4H2,1-2H3. The Morgan fingerprint density at radius 2 is 1.08 bits per heavy atom. The Labute approximate surface area is 143 Å². The van der Waals surface area contributed by atoms with Crippen molar-refractivity contribution in [1.29, 1.82) is 0 Å². The fraction of sp³-hybridized carbons (Fsp3) is 0.200. The molecule has 24 heavy (non-hydrogen) atoms. The van der Waals surface area contributed by atoms with Gasteiger partial charge in [0, 0.05) is 30.5 Å². The van der Waals surface area contributed by atoms with Crippen molar-refractivity contribution in [2.75, 3.05) is 22.9 Å². The molecule has 0 saturated heterocycles. The highest BCUT2D eigenvalue weighted by molar-refractivity contribution is 5.66. The summed E-state index contributed by atoms with van der Waals surface area (Å²) in [4.78, 5) is 13.3. The fourth-order valence-electron chi connectivity index (χ4n) is 2.80. The highest BCUT2D eigenvalue weighted by Gasteiger charge is 2.13. The van der Waals surface area contributed by atoms with Crippen LogP contribution in [-0.2, 0) is 0 Å². The molecule has 3 rings (SSSR count). The molecule has 0 aliphatic heterocycles. The normalized spacial score (nSPS) is 10.4. The molecule has 2 aromatic carbocycles. The van der Waals surface area contributed by atoms with E-state index in [2.05, 4.69) is 57.9 Å². The largest absolute Gasteiger partial charge is 0.327 e. The van der Waals surface area contributed by atoms with Crippen LogP contribution in [0.1, 0.15) is 13.8 Å². The minimum Gasteiger partial charge on any atom is -0.327 e. The molecular weight excluding hydrogens is 296 g/mol. The van der Waals surface area contributed by atoms with E-state index < -0.39 is 0 Å². The molecule has 0 bridgehead atoms. The lowest BCUT2D eigenvalue weighted by Gasteiger charge is -2.25. The fourth-order valence-corrected chi connectivity index (χ4v) is 2.80. The van der Waals surface area contributed by atoms with E-state index in [0.717, 1.165) is 36.1 Å². The number of nitrogens with zero attached hydrogens (tertiary/aromatic N) is 4. The van der Waals surface area contributed by atoms with E-state index in [9.17, 15) is 0 Å². The van der Waals surface area contributed by atoms with E-state index in [4.69, 9.17) is 0 Å². The summed E-state index contributed by atoms with van der Waals surface area (Å²) in [5.74, 6) is 1.81. The Hall–Kier alpha value is -2.88. The Morgan fingerprint density at radius 3 is 1.46 bits per heavy atom. The second-order valence-corrected chi connectivity index (χ2v) is 5.39. The van der Waals surface area contributed by atoms with Crippen LogP contribution in [0.15, 0.2) is 73.1 Å². The smallest absolute Gasteiger partial charge is 0.138 e. The summed E-state index contributed by atoms with van der Waals surface area (Å²) >= 11 is 0. The first kappa shape index (κ1) is 16.0. The molecule has 0 aliphatic carbocycles. The first-order valence-corrected chi connectivity index (χ1v) is 8.30. The van der Waals surface area contributed by atoms with Crippen molar-refractivity contribution in [3.63, 3.8) is 0 Å². The molecule has 3 aromatic rings. The number of benzene rings is 2. The van der Waals surface area contributed by atoms with Crippen LogP contribution in [0.5, 0.6) is 0 Å². The van der Waals surface area contributed by atoms with Gasteiger partial charge in [-0.3, -0.25) is 0 Å². The first-order chi connectivity index (χ1) is 11.8. The number of rotatable bonds is 6. The van der Waals surface area contributed by atoms with Gasteiger partial charge in [-0.05, 0) is 38.1 Å². The van der Waals surface area contributed by atoms with Gasteiger partial charge in [-0.2, -0.15) is 0 Å². The van der Waals surface area contributed by atoms with Crippen molar-refractivity contribution in [1.82, 2.24) is 9.97 Å². The molecular formula is C20H22N4. The van der Waals surface area contributed by atoms with Crippen LogP contribution in [0.25, 0.3) is 0 Å². The number of anilines is 4. The third-order valence-electron chi connectivity index (χ3n) is 3.96.